The van der Waals surface area contributed by atoms with Gasteiger partial charge in [0, 0.05) is 27.1 Å². The van der Waals surface area contributed by atoms with Gasteiger partial charge in [0.25, 0.3) is 0 Å². The highest BCUT2D eigenvalue weighted by molar-refractivity contribution is 5.91. The molecule has 1 aromatic rings. The Morgan fingerprint density at radius 2 is 2.46 bits per heavy atom. The number of methoxy groups -OCH3 is 1. The standard InChI is InChI=1S/C9H13NO3/c1-7(11)8-6-13-9(10-8)4-3-5-12-2/h6H,3-5H2,1-2H3. The van der Waals surface area contributed by atoms with Crippen molar-refractivity contribution in [2.24, 2.45) is 0 Å². The van der Waals surface area contributed by atoms with Gasteiger partial charge < -0.3 is 9.15 Å². The van der Waals surface area contributed by atoms with Crippen molar-refractivity contribution in [1.29, 1.82) is 0 Å². The second-order valence-electron chi connectivity index (χ2n) is 2.78. The highest BCUT2D eigenvalue weighted by Gasteiger charge is 2.06. The summed E-state index contributed by atoms with van der Waals surface area (Å²) >= 11 is 0. The largest absolute Gasteiger partial charge is 0.448 e. The first-order chi connectivity index (χ1) is 6.24. The zero-order valence-electron chi connectivity index (χ0n) is 7.87. The molecule has 0 amide bonds. The second-order valence-corrected chi connectivity index (χ2v) is 2.78. The van der Waals surface area contributed by atoms with Crippen LogP contribution in [0.3, 0.4) is 0 Å². The maximum Gasteiger partial charge on any atom is 0.194 e. The molecule has 1 aromatic heterocycles. The Kier molecular flexibility index (Phi) is 3.64. The van der Waals surface area contributed by atoms with Gasteiger partial charge in [-0.15, -0.1) is 0 Å². The topological polar surface area (TPSA) is 52.3 Å². The van der Waals surface area contributed by atoms with Gasteiger partial charge in [0.1, 0.15) is 12.0 Å². The number of carbonyl (C=O) groups excluding carboxylic acids is 1. The van der Waals surface area contributed by atoms with E-state index in [2.05, 4.69) is 4.98 Å². The molecule has 1 rings (SSSR count). The number of hydrogen-bond donors (Lipinski definition) is 0. The Bertz CT molecular complexity index is 280. The summed E-state index contributed by atoms with van der Waals surface area (Å²) in [6.45, 7) is 2.15. The van der Waals surface area contributed by atoms with E-state index in [1.807, 2.05) is 0 Å². The first-order valence-corrected chi connectivity index (χ1v) is 4.18. The van der Waals surface area contributed by atoms with Crippen LogP contribution in [-0.4, -0.2) is 24.5 Å². The van der Waals surface area contributed by atoms with Gasteiger partial charge in [0.15, 0.2) is 11.7 Å². The van der Waals surface area contributed by atoms with Gasteiger partial charge >= 0.3 is 0 Å². The van der Waals surface area contributed by atoms with Crippen LogP contribution in [0, 0.1) is 0 Å². The van der Waals surface area contributed by atoms with E-state index in [-0.39, 0.29) is 5.78 Å². The van der Waals surface area contributed by atoms with Gasteiger partial charge in [-0.25, -0.2) is 4.98 Å². The van der Waals surface area contributed by atoms with Crippen molar-refractivity contribution in [3.8, 4) is 0 Å². The molecule has 1 heterocycles. The average molecular weight is 183 g/mol. The first-order valence-electron chi connectivity index (χ1n) is 4.18. The average Bonchev–Trinajstić information content (AvgIpc) is 2.53. The summed E-state index contributed by atoms with van der Waals surface area (Å²) in [7, 11) is 1.65. The second kappa shape index (κ2) is 4.77. The molecular weight excluding hydrogens is 170 g/mol. The van der Waals surface area contributed by atoms with Crippen LogP contribution < -0.4 is 0 Å². The summed E-state index contributed by atoms with van der Waals surface area (Å²) in [5.41, 5.74) is 0.396. The Morgan fingerprint density at radius 3 is 3.00 bits per heavy atom. The number of Topliss-reactive ketones (excluding diaryl/α,β-unsaturated/α-hetero) is 1. The monoisotopic (exact) mass is 183 g/mol. The van der Waals surface area contributed by atoms with Gasteiger partial charge in [-0.3, -0.25) is 4.79 Å². The Morgan fingerprint density at radius 1 is 1.69 bits per heavy atom. The lowest BCUT2D eigenvalue weighted by Crippen LogP contribution is -1.95. The van der Waals surface area contributed by atoms with Crippen LogP contribution in [0.15, 0.2) is 10.7 Å². The normalized spacial score (nSPS) is 10.3. The van der Waals surface area contributed by atoms with Crippen LogP contribution in [0.2, 0.25) is 0 Å². The zero-order chi connectivity index (χ0) is 9.68. The van der Waals surface area contributed by atoms with E-state index in [9.17, 15) is 4.79 Å². The number of ether oxygens (including phenoxy) is 1. The maximum absolute atomic E-state index is 10.8. The first kappa shape index (κ1) is 9.92. The molecule has 4 nitrogen and oxygen atoms in total. The fraction of sp³-hybridized carbons (Fsp3) is 0.556. The Hall–Kier alpha value is -1.16. The van der Waals surface area contributed by atoms with Crippen molar-refractivity contribution in [1.82, 2.24) is 4.98 Å². The fourth-order valence-corrected chi connectivity index (χ4v) is 0.955. The van der Waals surface area contributed by atoms with Gasteiger partial charge in [0.05, 0.1) is 0 Å². The highest BCUT2D eigenvalue weighted by Crippen LogP contribution is 2.05. The Labute approximate surface area is 76.9 Å². The molecule has 0 aromatic carbocycles. The van der Waals surface area contributed by atoms with Gasteiger partial charge in [-0.05, 0) is 6.42 Å². The number of aryl methyl sites for hydroxylation is 1. The smallest absolute Gasteiger partial charge is 0.194 e. The molecule has 0 unspecified atom stereocenters. The van der Waals surface area contributed by atoms with Crippen molar-refractivity contribution in [2.45, 2.75) is 19.8 Å². The molecule has 0 saturated carbocycles. The molecule has 0 aliphatic carbocycles. The van der Waals surface area contributed by atoms with Crippen molar-refractivity contribution >= 4 is 5.78 Å². The number of carbonyl (C=O) groups is 1. The zero-order valence-corrected chi connectivity index (χ0v) is 7.87. The number of oxazole rings is 1. The van der Waals surface area contributed by atoms with Crippen molar-refractivity contribution in [3.05, 3.63) is 17.8 Å². The third-order valence-electron chi connectivity index (χ3n) is 1.65. The summed E-state index contributed by atoms with van der Waals surface area (Å²) in [5.74, 6) is 0.531. The predicted molar refractivity (Wildman–Crippen MR) is 46.7 cm³/mol. The van der Waals surface area contributed by atoms with Gasteiger partial charge in [0.2, 0.25) is 0 Å². The van der Waals surface area contributed by atoms with Crippen molar-refractivity contribution in [3.63, 3.8) is 0 Å². The number of nitrogens with zero attached hydrogens (tertiary/aromatic N) is 1. The molecule has 0 spiro atoms. The lowest BCUT2D eigenvalue weighted by Gasteiger charge is -1.93. The minimum Gasteiger partial charge on any atom is -0.448 e. The van der Waals surface area contributed by atoms with Crippen LogP contribution in [-0.2, 0) is 11.2 Å². The number of hydrogen-bond acceptors (Lipinski definition) is 4. The molecule has 0 radical (unpaired) electrons. The van der Waals surface area contributed by atoms with Crippen LogP contribution in [0.5, 0.6) is 0 Å². The number of ketones is 1. The molecule has 0 aliphatic heterocycles. The molecule has 72 valence electrons. The predicted octanol–water partition coefficient (Wildman–Crippen LogP) is 1.46. The summed E-state index contributed by atoms with van der Waals surface area (Å²) in [6, 6.07) is 0. The van der Waals surface area contributed by atoms with E-state index in [0.29, 0.717) is 24.6 Å². The molecule has 13 heavy (non-hydrogen) atoms. The van der Waals surface area contributed by atoms with E-state index < -0.39 is 0 Å². The van der Waals surface area contributed by atoms with Crippen LogP contribution in [0.1, 0.15) is 29.7 Å². The number of aromatic nitrogens is 1. The summed E-state index contributed by atoms with van der Waals surface area (Å²) < 4.78 is 9.97. The molecular formula is C9H13NO3. The molecule has 0 bridgehead atoms. The molecule has 0 atom stereocenters. The quantitative estimate of drug-likeness (QED) is 0.512. The van der Waals surface area contributed by atoms with E-state index in [1.165, 1.54) is 13.2 Å². The summed E-state index contributed by atoms with van der Waals surface area (Å²) in [6.07, 6.45) is 2.96. The third-order valence-corrected chi connectivity index (χ3v) is 1.65. The van der Waals surface area contributed by atoms with E-state index in [1.54, 1.807) is 7.11 Å². The highest BCUT2D eigenvalue weighted by atomic mass is 16.5. The van der Waals surface area contributed by atoms with Gasteiger partial charge in [-0.2, -0.15) is 0 Å². The lowest BCUT2D eigenvalue weighted by atomic mass is 10.3. The fourth-order valence-electron chi connectivity index (χ4n) is 0.955. The Balaban J connectivity index is 2.44. The van der Waals surface area contributed by atoms with Crippen molar-refractivity contribution < 1.29 is 13.9 Å². The van der Waals surface area contributed by atoms with Crippen LogP contribution in [0.25, 0.3) is 0 Å². The van der Waals surface area contributed by atoms with E-state index in [4.69, 9.17) is 9.15 Å². The number of rotatable bonds is 5. The minimum absolute atomic E-state index is 0.0678. The summed E-state index contributed by atoms with van der Waals surface area (Å²) in [5, 5.41) is 0. The van der Waals surface area contributed by atoms with Crippen LogP contribution in [0.4, 0.5) is 0 Å². The summed E-state index contributed by atoms with van der Waals surface area (Å²) in [4.78, 5) is 14.9. The van der Waals surface area contributed by atoms with Crippen molar-refractivity contribution in [2.75, 3.05) is 13.7 Å². The van der Waals surface area contributed by atoms with Gasteiger partial charge in [-0.1, -0.05) is 0 Å². The third kappa shape index (κ3) is 2.99. The molecule has 0 aliphatic rings. The molecule has 4 heteroatoms. The lowest BCUT2D eigenvalue weighted by molar-refractivity contribution is 0.101. The SMILES string of the molecule is COCCCc1nc(C(C)=O)co1. The molecule has 0 N–H and O–H groups in total. The maximum atomic E-state index is 10.8. The molecule has 0 saturated heterocycles. The van der Waals surface area contributed by atoms with E-state index in [0.717, 1.165) is 6.42 Å². The molecule has 0 fully saturated rings. The van der Waals surface area contributed by atoms with E-state index >= 15 is 0 Å². The minimum atomic E-state index is -0.0678. The van der Waals surface area contributed by atoms with Crippen LogP contribution >= 0.6 is 0 Å².